The van der Waals surface area contributed by atoms with Crippen LogP contribution in [-0.2, 0) is 16.1 Å². The van der Waals surface area contributed by atoms with E-state index in [1.165, 1.54) is 0 Å². The molecule has 49 heavy (non-hydrogen) atoms. The fourth-order valence-corrected chi connectivity index (χ4v) is 5.73. The van der Waals surface area contributed by atoms with E-state index in [9.17, 15) is 4.79 Å². The molecule has 10 nitrogen and oxygen atoms in total. The molecule has 0 saturated carbocycles. The van der Waals surface area contributed by atoms with E-state index in [1.54, 1.807) is 21.3 Å². The van der Waals surface area contributed by atoms with Gasteiger partial charge >= 0.3 is 0 Å². The second kappa shape index (κ2) is 17.0. The molecule has 11 heteroatoms. The molecular weight excluding hydrogens is 690 g/mol. The van der Waals surface area contributed by atoms with Crippen molar-refractivity contribution in [1.29, 1.82) is 0 Å². The van der Waals surface area contributed by atoms with Crippen molar-refractivity contribution in [1.82, 2.24) is 10.9 Å². The van der Waals surface area contributed by atoms with E-state index >= 15 is 0 Å². The van der Waals surface area contributed by atoms with Crippen LogP contribution in [0.2, 0.25) is 0 Å². The zero-order valence-corrected chi connectivity index (χ0v) is 29.2. The standard InChI is InChI=1S/C38H40BrN3O7/c1-45-32-23-27(24-33(46-2)34(32)47-3)25-40-42-37(44)38(20-7-11-26-9-5-4-6-10-26)35(28-12-16-30(39)17-13-28)49-36(41-38)29-14-18-31(19-15-29)48-22-8-21-43/h4-7,9-19,23-24,35,40,43H,8,20-22,25H2,1-3H3,(H,42,44)/b11-7+/t35-,38-/m0/s1. The first-order valence-corrected chi connectivity index (χ1v) is 16.6. The maximum atomic E-state index is 14.5. The average molecular weight is 731 g/mol. The first-order chi connectivity index (χ1) is 23.9. The number of aliphatic hydroxyl groups is 1. The number of nitrogens with zero attached hydrogens (tertiary/aromatic N) is 1. The second-order valence-corrected chi connectivity index (χ2v) is 12.1. The van der Waals surface area contributed by atoms with E-state index in [-0.39, 0.29) is 25.5 Å². The van der Waals surface area contributed by atoms with Crippen LogP contribution in [0.1, 0.15) is 41.2 Å². The summed E-state index contributed by atoms with van der Waals surface area (Å²) in [6.07, 6.45) is 3.96. The minimum Gasteiger partial charge on any atom is -0.494 e. The zero-order valence-electron chi connectivity index (χ0n) is 27.6. The highest BCUT2D eigenvalue weighted by molar-refractivity contribution is 9.10. The molecule has 4 aromatic carbocycles. The Hall–Kier alpha value is -4.84. The Morgan fingerprint density at radius 3 is 2.29 bits per heavy atom. The number of hydrogen-bond acceptors (Lipinski definition) is 9. The Morgan fingerprint density at radius 2 is 1.65 bits per heavy atom. The number of aliphatic imine (C=N–C) groups is 1. The molecule has 0 saturated heterocycles. The van der Waals surface area contributed by atoms with Crippen LogP contribution in [-0.4, -0.2) is 57.0 Å². The maximum Gasteiger partial charge on any atom is 0.266 e. The van der Waals surface area contributed by atoms with Gasteiger partial charge in [0.15, 0.2) is 23.1 Å². The van der Waals surface area contributed by atoms with Crippen LogP contribution in [0.25, 0.3) is 6.08 Å². The predicted molar refractivity (Wildman–Crippen MR) is 192 cm³/mol. The SMILES string of the molecule is COc1cc(CNNC(=O)[C@@]2(C/C=C/c3ccccc3)N=C(c3ccc(OCCCO)cc3)O[C@H]2c2ccc(Br)cc2)cc(OC)c1OC. The van der Waals surface area contributed by atoms with Crippen molar-refractivity contribution >= 4 is 33.8 Å². The van der Waals surface area contributed by atoms with Crippen molar-refractivity contribution in [2.75, 3.05) is 34.5 Å². The van der Waals surface area contributed by atoms with Crippen LogP contribution in [0.5, 0.6) is 23.0 Å². The molecular formula is C38H40BrN3O7. The molecule has 256 valence electrons. The molecule has 0 bridgehead atoms. The lowest BCUT2D eigenvalue weighted by Gasteiger charge is -2.30. The fraction of sp³-hybridized carbons (Fsp3) is 0.263. The summed E-state index contributed by atoms with van der Waals surface area (Å²) in [6.45, 7) is 0.718. The Labute approximate surface area is 294 Å². The number of carbonyl (C=O) groups excluding carboxylic acids is 1. The summed E-state index contributed by atoms with van der Waals surface area (Å²) in [5.41, 5.74) is 7.89. The second-order valence-electron chi connectivity index (χ2n) is 11.2. The van der Waals surface area contributed by atoms with Gasteiger partial charge in [-0.1, -0.05) is 70.5 Å². The molecule has 0 aromatic heterocycles. The monoisotopic (exact) mass is 729 g/mol. The zero-order chi connectivity index (χ0) is 34.6. The van der Waals surface area contributed by atoms with Crippen molar-refractivity contribution in [2.24, 2.45) is 4.99 Å². The number of methoxy groups -OCH3 is 3. The van der Waals surface area contributed by atoms with Crippen molar-refractivity contribution < 1.29 is 33.6 Å². The van der Waals surface area contributed by atoms with E-state index in [2.05, 4.69) is 26.8 Å². The molecule has 5 rings (SSSR count). The number of carbonyl (C=O) groups is 1. The molecule has 0 unspecified atom stereocenters. The lowest BCUT2D eigenvalue weighted by molar-refractivity contribution is -0.129. The first-order valence-electron chi connectivity index (χ1n) is 15.8. The quantitative estimate of drug-likeness (QED) is 0.0894. The predicted octanol–water partition coefficient (Wildman–Crippen LogP) is 6.42. The number of hydrazine groups is 1. The van der Waals surface area contributed by atoms with E-state index in [4.69, 9.17) is 33.8 Å². The third kappa shape index (κ3) is 8.61. The minimum atomic E-state index is -1.38. The van der Waals surface area contributed by atoms with Gasteiger partial charge in [0.2, 0.25) is 11.6 Å². The topological polar surface area (TPSA) is 120 Å². The molecule has 0 fully saturated rings. The van der Waals surface area contributed by atoms with Gasteiger partial charge in [-0.25, -0.2) is 10.4 Å². The number of ether oxygens (including phenoxy) is 5. The molecule has 1 amide bonds. The van der Waals surface area contributed by atoms with Crippen LogP contribution < -0.4 is 29.8 Å². The molecule has 3 N–H and O–H groups in total. The molecule has 0 spiro atoms. The van der Waals surface area contributed by atoms with Crippen LogP contribution in [0, 0.1) is 0 Å². The van der Waals surface area contributed by atoms with Gasteiger partial charge in [-0.3, -0.25) is 10.2 Å². The summed E-state index contributed by atoms with van der Waals surface area (Å²) in [4.78, 5) is 19.5. The third-order valence-electron chi connectivity index (χ3n) is 7.96. The number of benzene rings is 4. The van der Waals surface area contributed by atoms with E-state index < -0.39 is 11.6 Å². The summed E-state index contributed by atoms with van der Waals surface area (Å²) in [7, 11) is 4.66. The smallest absolute Gasteiger partial charge is 0.266 e. The molecule has 1 heterocycles. The summed E-state index contributed by atoms with van der Waals surface area (Å²) in [5.74, 6) is 2.12. The van der Waals surface area contributed by atoms with Crippen molar-refractivity contribution in [2.45, 2.75) is 31.0 Å². The summed E-state index contributed by atoms with van der Waals surface area (Å²) >= 11 is 3.52. The van der Waals surface area contributed by atoms with Gasteiger partial charge in [0, 0.05) is 36.0 Å². The average Bonchev–Trinajstić information content (AvgIpc) is 3.53. The number of rotatable bonds is 16. The summed E-state index contributed by atoms with van der Waals surface area (Å²) < 4.78 is 29.7. The highest BCUT2D eigenvalue weighted by Crippen LogP contribution is 2.43. The van der Waals surface area contributed by atoms with E-state index in [0.717, 1.165) is 21.2 Å². The van der Waals surface area contributed by atoms with Gasteiger partial charge in [-0.2, -0.15) is 0 Å². The molecule has 2 atom stereocenters. The Balaban J connectivity index is 1.48. The van der Waals surface area contributed by atoms with Gasteiger partial charge < -0.3 is 28.8 Å². The Bertz CT molecular complexity index is 1720. The number of amides is 1. The minimum absolute atomic E-state index is 0.0559. The van der Waals surface area contributed by atoms with Crippen LogP contribution >= 0.6 is 15.9 Å². The molecule has 1 aliphatic rings. The van der Waals surface area contributed by atoms with Gasteiger partial charge in [0.05, 0.1) is 27.9 Å². The van der Waals surface area contributed by atoms with Gasteiger partial charge in [0.1, 0.15) is 5.75 Å². The summed E-state index contributed by atoms with van der Waals surface area (Å²) in [6, 6.07) is 28.5. The summed E-state index contributed by atoms with van der Waals surface area (Å²) in [5, 5.41) is 9.09. The van der Waals surface area contributed by atoms with Crippen LogP contribution in [0.3, 0.4) is 0 Å². The largest absolute Gasteiger partial charge is 0.494 e. The number of aliphatic hydroxyl groups excluding tert-OH is 1. The number of hydrogen-bond donors (Lipinski definition) is 3. The maximum absolute atomic E-state index is 14.5. The highest BCUT2D eigenvalue weighted by Gasteiger charge is 2.52. The fourth-order valence-electron chi connectivity index (χ4n) is 5.46. The molecule has 0 radical (unpaired) electrons. The van der Waals surface area contributed by atoms with Crippen molar-refractivity contribution in [3.63, 3.8) is 0 Å². The van der Waals surface area contributed by atoms with E-state index in [1.807, 2.05) is 103 Å². The van der Waals surface area contributed by atoms with Crippen LogP contribution in [0.4, 0.5) is 0 Å². The van der Waals surface area contributed by atoms with E-state index in [0.29, 0.717) is 47.5 Å². The molecule has 1 aliphatic heterocycles. The number of halogens is 1. The van der Waals surface area contributed by atoms with Gasteiger partial charge in [-0.05, 0) is 65.2 Å². The Morgan fingerprint density at radius 1 is 0.959 bits per heavy atom. The van der Waals surface area contributed by atoms with Crippen molar-refractivity contribution in [3.8, 4) is 23.0 Å². The normalized spacial score (nSPS) is 16.9. The van der Waals surface area contributed by atoms with Crippen LogP contribution in [0.15, 0.2) is 107 Å². The third-order valence-corrected chi connectivity index (χ3v) is 8.49. The molecule has 4 aromatic rings. The highest BCUT2D eigenvalue weighted by atomic mass is 79.9. The van der Waals surface area contributed by atoms with Crippen molar-refractivity contribution in [3.05, 3.63) is 124 Å². The Kier molecular flexibility index (Phi) is 12.3. The first kappa shape index (κ1) is 35.5. The van der Waals surface area contributed by atoms with Gasteiger partial charge in [-0.15, -0.1) is 0 Å². The van der Waals surface area contributed by atoms with Gasteiger partial charge in [0.25, 0.3) is 5.91 Å². The number of nitrogens with one attached hydrogen (secondary N) is 2. The lowest BCUT2D eigenvalue weighted by atomic mass is 9.84. The lowest BCUT2D eigenvalue weighted by Crippen LogP contribution is -2.52. The molecule has 0 aliphatic carbocycles.